The molecular weight excluding hydrogens is 400 g/mol. The highest BCUT2D eigenvalue weighted by Crippen LogP contribution is 2.38. The van der Waals surface area contributed by atoms with Gasteiger partial charge in [-0.2, -0.15) is 0 Å². The molecule has 2 aliphatic heterocycles. The second-order valence-electron chi connectivity index (χ2n) is 7.74. The molecule has 164 valence electrons. The third-order valence-corrected chi connectivity index (χ3v) is 5.90. The van der Waals surface area contributed by atoms with Crippen molar-refractivity contribution in [2.75, 3.05) is 19.7 Å². The molecule has 31 heavy (non-hydrogen) atoms. The van der Waals surface area contributed by atoms with Crippen molar-refractivity contribution in [1.82, 2.24) is 20.1 Å². The number of amides is 3. The van der Waals surface area contributed by atoms with Gasteiger partial charge in [-0.3, -0.25) is 24.3 Å². The van der Waals surface area contributed by atoms with Crippen LogP contribution in [0.25, 0.3) is 0 Å². The molecule has 0 radical (unpaired) electrons. The van der Waals surface area contributed by atoms with E-state index in [1.807, 2.05) is 13.0 Å². The van der Waals surface area contributed by atoms with Gasteiger partial charge < -0.3 is 19.4 Å². The topological polar surface area (TPSA) is 105 Å². The molecular formula is C22H26N4O5. The Morgan fingerprint density at radius 1 is 1.23 bits per heavy atom. The molecule has 4 rings (SSSR count). The Balaban J connectivity index is 1.53. The summed E-state index contributed by atoms with van der Waals surface area (Å²) in [6.45, 7) is 3.16. The van der Waals surface area contributed by atoms with Crippen molar-refractivity contribution in [3.8, 4) is 0 Å². The van der Waals surface area contributed by atoms with E-state index in [0.717, 1.165) is 5.56 Å². The van der Waals surface area contributed by atoms with Crippen molar-refractivity contribution in [2.24, 2.45) is 0 Å². The first-order chi connectivity index (χ1) is 15.0. The molecule has 3 amide bonds. The molecule has 1 N–H and O–H groups in total. The van der Waals surface area contributed by atoms with Gasteiger partial charge in [0, 0.05) is 51.3 Å². The summed E-state index contributed by atoms with van der Waals surface area (Å²) in [5.41, 5.74) is -0.0789. The molecule has 0 aromatic carbocycles. The molecule has 2 fully saturated rings. The van der Waals surface area contributed by atoms with E-state index < -0.39 is 11.8 Å². The number of rotatable bonds is 5. The van der Waals surface area contributed by atoms with Crippen molar-refractivity contribution in [2.45, 2.75) is 44.5 Å². The van der Waals surface area contributed by atoms with E-state index in [0.29, 0.717) is 38.9 Å². The van der Waals surface area contributed by atoms with E-state index in [2.05, 4.69) is 10.3 Å². The molecule has 1 unspecified atom stereocenters. The lowest BCUT2D eigenvalue weighted by atomic mass is 9.97. The zero-order valence-electron chi connectivity index (χ0n) is 17.5. The van der Waals surface area contributed by atoms with Crippen LogP contribution in [0.2, 0.25) is 0 Å². The number of carbonyl (C=O) groups excluding carboxylic acids is 3. The molecule has 1 spiro atoms. The van der Waals surface area contributed by atoms with E-state index in [-0.39, 0.29) is 30.1 Å². The quantitative estimate of drug-likeness (QED) is 0.778. The molecule has 2 saturated heterocycles. The Morgan fingerprint density at radius 3 is 2.68 bits per heavy atom. The first kappa shape index (κ1) is 21.0. The largest absolute Gasteiger partial charge is 0.459 e. The lowest BCUT2D eigenvalue weighted by molar-refractivity contribution is -0.143. The Labute approximate surface area is 180 Å². The molecule has 2 aromatic rings. The number of ether oxygens (including phenoxy) is 1. The van der Waals surface area contributed by atoms with Gasteiger partial charge in [0.2, 0.25) is 11.8 Å². The first-order valence-corrected chi connectivity index (χ1v) is 10.5. The van der Waals surface area contributed by atoms with Crippen molar-refractivity contribution >= 4 is 17.7 Å². The van der Waals surface area contributed by atoms with Gasteiger partial charge in [-0.15, -0.1) is 0 Å². The summed E-state index contributed by atoms with van der Waals surface area (Å²) in [6, 6.07) is 6.09. The Kier molecular flexibility index (Phi) is 6.03. The van der Waals surface area contributed by atoms with E-state index in [4.69, 9.17) is 9.15 Å². The van der Waals surface area contributed by atoms with Crippen LogP contribution < -0.4 is 5.32 Å². The van der Waals surface area contributed by atoms with Crippen molar-refractivity contribution in [3.63, 3.8) is 0 Å². The summed E-state index contributed by atoms with van der Waals surface area (Å²) < 4.78 is 11.4. The third kappa shape index (κ3) is 4.18. The Bertz CT molecular complexity index is 923. The highest BCUT2D eigenvalue weighted by molar-refractivity contribution is 5.96. The van der Waals surface area contributed by atoms with Gasteiger partial charge in [0.1, 0.15) is 11.8 Å². The minimum atomic E-state index is -0.940. The summed E-state index contributed by atoms with van der Waals surface area (Å²) in [7, 11) is 0. The van der Waals surface area contributed by atoms with Crippen LogP contribution in [0.15, 0.2) is 47.3 Å². The normalized spacial score (nSPS) is 20.1. The molecule has 1 atom stereocenters. The van der Waals surface area contributed by atoms with E-state index in [9.17, 15) is 14.4 Å². The SMILES string of the molecule is CCC(=O)N1CCC2(CC1)OCC(C(=O)NCc1cccnc1)N2C(=O)c1ccco1. The second kappa shape index (κ2) is 8.89. The van der Waals surface area contributed by atoms with Crippen LogP contribution in [0.5, 0.6) is 0 Å². The highest BCUT2D eigenvalue weighted by atomic mass is 16.5. The number of carbonyl (C=O) groups is 3. The lowest BCUT2D eigenvalue weighted by Gasteiger charge is -2.44. The smallest absolute Gasteiger partial charge is 0.292 e. The molecule has 2 aliphatic rings. The number of hydrogen-bond donors (Lipinski definition) is 1. The number of aromatic nitrogens is 1. The fourth-order valence-corrected chi connectivity index (χ4v) is 4.22. The van der Waals surface area contributed by atoms with E-state index >= 15 is 0 Å². The first-order valence-electron chi connectivity index (χ1n) is 10.5. The molecule has 9 heteroatoms. The Morgan fingerprint density at radius 2 is 2.03 bits per heavy atom. The second-order valence-corrected chi connectivity index (χ2v) is 7.74. The number of nitrogens with zero attached hydrogens (tertiary/aromatic N) is 3. The lowest BCUT2D eigenvalue weighted by Crippen LogP contribution is -2.59. The minimum absolute atomic E-state index is 0.0718. The van der Waals surface area contributed by atoms with E-state index in [1.54, 1.807) is 35.5 Å². The summed E-state index contributed by atoms with van der Waals surface area (Å²) in [5.74, 6) is -0.462. The summed E-state index contributed by atoms with van der Waals surface area (Å²) in [6.07, 6.45) is 6.09. The monoisotopic (exact) mass is 426 g/mol. The van der Waals surface area contributed by atoms with Gasteiger partial charge in [0.15, 0.2) is 5.76 Å². The van der Waals surface area contributed by atoms with Gasteiger partial charge in [-0.25, -0.2) is 0 Å². The van der Waals surface area contributed by atoms with Crippen LogP contribution in [0.1, 0.15) is 42.3 Å². The average molecular weight is 426 g/mol. The molecule has 2 aromatic heterocycles. The number of piperidine rings is 1. The van der Waals surface area contributed by atoms with E-state index in [1.165, 1.54) is 11.2 Å². The Hall–Kier alpha value is -3.20. The number of pyridine rings is 1. The molecule has 0 aliphatic carbocycles. The molecule has 9 nitrogen and oxygen atoms in total. The van der Waals surface area contributed by atoms with Gasteiger partial charge in [-0.1, -0.05) is 13.0 Å². The van der Waals surface area contributed by atoms with Crippen molar-refractivity contribution < 1.29 is 23.5 Å². The molecule has 0 saturated carbocycles. The van der Waals surface area contributed by atoms with Crippen LogP contribution in [-0.4, -0.2) is 64.0 Å². The maximum atomic E-state index is 13.3. The van der Waals surface area contributed by atoms with Gasteiger partial charge in [-0.05, 0) is 23.8 Å². The fraction of sp³-hybridized carbons (Fsp3) is 0.455. The number of likely N-dealkylation sites (tertiary alicyclic amines) is 1. The number of hydrogen-bond acceptors (Lipinski definition) is 6. The summed E-state index contributed by atoms with van der Waals surface area (Å²) in [4.78, 5) is 45.8. The van der Waals surface area contributed by atoms with Crippen LogP contribution in [0.3, 0.4) is 0 Å². The van der Waals surface area contributed by atoms with Crippen LogP contribution in [0, 0.1) is 0 Å². The van der Waals surface area contributed by atoms with Gasteiger partial charge in [0.05, 0.1) is 12.9 Å². The number of nitrogens with one attached hydrogen (secondary N) is 1. The predicted octanol–water partition coefficient (Wildman–Crippen LogP) is 1.56. The maximum absolute atomic E-state index is 13.3. The third-order valence-electron chi connectivity index (χ3n) is 5.90. The number of furan rings is 1. The maximum Gasteiger partial charge on any atom is 0.292 e. The highest BCUT2D eigenvalue weighted by Gasteiger charge is 2.54. The van der Waals surface area contributed by atoms with Crippen LogP contribution in [0.4, 0.5) is 0 Å². The zero-order chi connectivity index (χ0) is 21.8. The van der Waals surface area contributed by atoms with Crippen molar-refractivity contribution in [1.29, 1.82) is 0 Å². The fourth-order valence-electron chi connectivity index (χ4n) is 4.22. The molecule has 0 bridgehead atoms. The predicted molar refractivity (Wildman–Crippen MR) is 110 cm³/mol. The molecule has 4 heterocycles. The summed E-state index contributed by atoms with van der Waals surface area (Å²) in [5, 5.41) is 2.88. The van der Waals surface area contributed by atoms with Crippen LogP contribution >= 0.6 is 0 Å². The zero-order valence-corrected chi connectivity index (χ0v) is 17.5. The summed E-state index contributed by atoms with van der Waals surface area (Å²) >= 11 is 0. The van der Waals surface area contributed by atoms with Crippen molar-refractivity contribution in [3.05, 3.63) is 54.2 Å². The van der Waals surface area contributed by atoms with Gasteiger partial charge >= 0.3 is 0 Å². The average Bonchev–Trinajstić information content (AvgIpc) is 3.47. The van der Waals surface area contributed by atoms with Crippen LogP contribution in [-0.2, 0) is 20.9 Å². The van der Waals surface area contributed by atoms with Gasteiger partial charge in [0.25, 0.3) is 5.91 Å². The minimum Gasteiger partial charge on any atom is -0.459 e. The standard InChI is InChI=1S/C22H26N4O5/c1-2-19(27)25-10-7-22(8-11-25)26(21(29)18-6-4-12-30-18)17(15-31-22)20(28)24-14-16-5-3-9-23-13-16/h3-6,9,12-13,17H,2,7-8,10-11,14-15H2,1H3,(H,24,28).